The van der Waals surface area contributed by atoms with E-state index in [1.165, 1.54) is 41.1 Å². The van der Waals surface area contributed by atoms with Crippen LogP contribution in [0.1, 0.15) is 33.6 Å². The van der Waals surface area contributed by atoms with Crippen molar-refractivity contribution in [1.82, 2.24) is 4.90 Å². The number of fused-ring (bicyclic) bond motifs is 1. The first-order valence-electron chi connectivity index (χ1n) is 9.00. The third-order valence-corrected chi connectivity index (χ3v) is 5.63. The number of aryl methyl sites for hydroxylation is 1. The fourth-order valence-corrected chi connectivity index (χ4v) is 4.13. The lowest BCUT2D eigenvalue weighted by Gasteiger charge is -2.17. The molecule has 6 nitrogen and oxygen atoms in total. The van der Waals surface area contributed by atoms with Crippen molar-refractivity contribution in [2.75, 3.05) is 25.5 Å². The monoisotopic (exact) mass is 404 g/mol. The molecule has 8 heteroatoms. The normalized spacial score (nSPS) is 12.8. The van der Waals surface area contributed by atoms with Crippen LogP contribution < -0.4 is 5.32 Å². The molecule has 2 aromatic rings. The van der Waals surface area contributed by atoms with Crippen LogP contribution in [0.25, 0.3) is 0 Å². The van der Waals surface area contributed by atoms with E-state index < -0.39 is 30.2 Å². The molecule has 3 rings (SSSR count). The largest absolute Gasteiger partial charge is 0.452 e. The van der Waals surface area contributed by atoms with Crippen molar-refractivity contribution >= 4 is 34.8 Å². The quantitative estimate of drug-likeness (QED) is 0.751. The Labute approximate surface area is 166 Å². The number of anilines is 1. The maximum atomic E-state index is 12.9. The van der Waals surface area contributed by atoms with Gasteiger partial charge in [-0.1, -0.05) is 0 Å². The molecule has 1 N–H and O–H groups in total. The first kappa shape index (κ1) is 20.0. The summed E-state index contributed by atoms with van der Waals surface area (Å²) in [6.07, 6.45) is 4.03. The lowest BCUT2D eigenvalue weighted by Crippen LogP contribution is -2.37. The molecular weight excluding hydrogens is 383 g/mol. The molecule has 0 saturated carbocycles. The lowest BCUT2D eigenvalue weighted by molar-refractivity contribution is -0.136. The average Bonchev–Trinajstić information content (AvgIpc) is 3.11. The van der Waals surface area contributed by atoms with Crippen LogP contribution in [-0.4, -0.2) is 42.9 Å². The zero-order valence-electron chi connectivity index (χ0n) is 15.5. The Morgan fingerprint density at radius 1 is 1.18 bits per heavy atom. The van der Waals surface area contributed by atoms with Crippen LogP contribution in [0.15, 0.2) is 29.6 Å². The highest BCUT2D eigenvalue weighted by atomic mass is 32.1. The van der Waals surface area contributed by atoms with Crippen molar-refractivity contribution in [2.24, 2.45) is 0 Å². The summed E-state index contributed by atoms with van der Waals surface area (Å²) in [5.41, 5.74) is 2.02. The van der Waals surface area contributed by atoms with E-state index in [0.29, 0.717) is 11.3 Å². The maximum absolute atomic E-state index is 12.9. The molecule has 0 unspecified atom stereocenters. The Morgan fingerprint density at radius 3 is 2.64 bits per heavy atom. The number of benzene rings is 1. The summed E-state index contributed by atoms with van der Waals surface area (Å²) >= 11 is 1.56. The number of amides is 2. The number of hydrogen-bond acceptors (Lipinski definition) is 5. The number of thiophene rings is 1. The molecule has 148 valence electrons. The third-order valence-electron chi connectivity index (χ3n) is 4.54. The first-order valence-corrected chi connectivity index (χ1v) is 9.87. The molecule has 1 heterocycles. The van der Waals surface area contributed by atoms with E-state index in [9.17, 15) is 18.8 Å². The maximum Gasteiger partial charge on any atom is 0.339 e. The number of carbonyl (C=O) groups excluding carboxylic acids is 3. The summed E-state index contributed by atoms with van der Waals surface area (Å²) in [6.45, 7) is -0.634. The lowest BCUT2D eigenvalue weighted by atomic mass is 9.96. The minimum Gasteiger partial charge on any atom is -0.452 e. The molecule has 1 aromatic carbocycles. The van der Waals surface area contributed by atoms with Crippen LogP contribution in [0.2, 0.25) is 0 Å². The molecule has 0 atom stereocenters. The Kier molecular flexibility index (Phi) is 6.41. The van der Waals surface area contributed by atoms with Gasteiger partial charge in [-0.05, 0) is 55.5 Å². The fourth-order valence-electron chi connectivity index (χ4n) is 3.02. The minimum atomic E-state index is -0.503. The summed E-state index contributed by atoms with van der Waals surface area (Å²) in [5.74, 6) is -1.82. The summed E-state index contributed by atoms with van der Waals surface area (Å²) < 4.78 is 18.0. The number of carbonyl (C=O) groups is 3. The van der Waals surface area contributed by atoms with Crippen LogP contribution in [0.4, 0.5) is 10.1 Å². The number of nitrogens with one attached hydrogen (secondary N) is 1. The van der Waals surface area contributed by atoms with Crippen molar-refractivity contribution < 1.29 is 23.5 Å². The second kappa shape index (κ2) is 8.97. The number of likely N-dealkylation sites (N-methyl/N-ethyl adjacent to an activating group) is 1. The van der Waals surface area contributed by atoms with Crippen molar-refractivity contribution in [3.8, 4) is 0 Å². The molecule has 1 aromatic heterocycles. The Bertz CT molecular complexity index is 879. The molecule has 1 aliphatic carbocycles. The van der Waals surface area contributed by atoms with E-state index in [1.807, 2.05) is 0 Å². The van der Waals surface area contributed by atoms with Crippen molar-refractivity contribution in [3.63, 3.8) is 0 Å². The Hall–Kier alpha value is -2.74. The number of esters is 1. The molecule has 0 radical (unpaired) electrons. The van der Waals surface area contributed by atoms with Gasteiger partial charge >= 0.3 is 5.97 Å². The van der Waals surface area contributed by atoms with Gasteiger partial charge in [0.25, 0.3) is 5.91 Å². The summed E-state index contributed by atoms with van der Waals surface area (Å²) in [7, 11) is 1.45. The van der Waals surface area contributed by atoms with E-state index >= 15 is 0 Å². The van der Waals surface area contributed by atoms with Crippen LogP contribution >= 0.6 is 11.3 Å². The number of halogens is 1. The fraction of sp³-hybridized carbons (Fsp3) is 0.350. The second-order valence-electron chi connectivity index (χ2n) is 6.64. The van der Waals surface area contributed by atoms with Gasteiger partial charge in [-0.2, -0.15) is 0 Å². The van der Waals surface area contributed by atoms with E-state index in [4.69, 9.17) is 4.74 Å². The molecule has 0 aliphatic heterocycles. The Morgan fingerprint density at radius 2 is 1.89 bits per heavy atom. The zero-order valence-corrected chi connectivity index (χ0v) is 16.3. The van der Waals surface area contributed by atoms with Gasteiger partial charge in [-0.25, -0.2) is 9.18 Å². The zero-order chi connectivity index (χ0) is 20.1. The molecule has 28 heavy (non-hydrogen) atoms. The number of rotatable bonds is 6. The highest BCUT2D eigenvalue weighted by Crippen LogP contribution is 2.30. The van der Waals surface area contributed by atoms with Crippen LogP contribution in [0, 0.1) is 5.82 Å². The van der Waals surface area contributed by atoms with E-state index in [2.05, 4.69) is 5.32 Å². The molecule has 1 aliphatic rings. The summed E-state index contributed by atoms with van der Waals surface area (Å²) in [4.78, 5) is 38.8. The molecule has 0 saturated heterocycles. The number of ether oxygens (including phenoxy) is 1. The van der Waals surface area contributed by atoms with Crippen molar-refractivity contribution in [1.29, 1.82) is 0 Å². The smallest absolute Gasteiger partial charge is 0.339 e. The molecular formula is C20H21FN2O4S. The highest BCUT2D eigenvalue weighted by Gasteiger charge is 2.22. The third kappa shape index (κ3) is 4.95. The Balaban J connectivity index is 1.47. The van der Waals surface area contributed by atoms with E-state index in [-0.39, 0.29) is 6.54 Å². The van der Waals surface area contributed by atoms with Gasteiger partial charge in [0.2, 0.25) is 5.91 Å². The van der Waals surface area contributed by atoms with Gasteiger partial charge in [-0.3, -0.25) is 9.59 Å². The van der Waals surface area contributed by atoms with Crippen LogP contribution in [0.3, 0.4) is 0 Å². The van der Waals surface area contributed by atoms with Gasteiger partial charge in [0.1, 0.15) is 5.82 Å². The second-order valence-corrected chi connectivity index (χ2v) is 7.60. The molecule has 2 amide bonds. The molecule has 0 bridgehead atoms. The predicted molar refractivity (Wildman–Crippen MR) is 104 cm³/mol. The van der Waals surface area contributed by atoms with Crippen LogP contribution in [0.5, 0.6) is 0 Å². The highest BCUT2D eigenvalue weighted by molar-refractivity contribution is 7.10. The van der Waals surface area contributed by atoms with E-state index in [1.54, 1.807) is 16.7 Å². The van der Waals surface area contributed by atoms with Gasteiger partial charge in [0.05, 0.1) is 12.1 Å². The topological polar surface area (TPSA) is 75.7 Å². The minimum absolute atomic E-state index is 0.207. The average molecular weight is 404 g/mol. The van der Waals surface area contributed by atoms with Crippen LogP contribution in [-0.2, 0) is 27.2 Å². The van der Waals surface area contributed by atoms with E-state index in [0.717, 1.165) is 31.2 Å². The predicted octanol–water partition coefficient (Wildman–Crippen LogP) is 3.02. The standard InChI is InChI=1S/C20H21FN2O4S/c1-23(10-18(24)22-14-8-6-13(21)7-9-14)19(25)11-27-20(26)16-12-28-17-5-3-2-4-15(16)17/h6-9,12H,2-5,10-11H2,1H3,(H,22,24). The van der Waals surface area contributed by atoms with Crippen molar-refractivity contribution in [2.45, 2.75) is 25.7 Å². The molecule has 0 spiro atoms. The van der Waals surface area contributed by atoms with Crippen molar-refractivity contribution in [3.05, 3.63) is 51.5 Å². The van der Waals surface area contributed by atoms with Gasteiger partial charge < -0.3 is 15.0 Å². The summed E-state index contributed by atoms with van der Waals surface area (Å²) in [6, 6.07) is 5.32. The SMILES string of the molecule is CN(CC(=O)Nc1ccc(F)cc1)C(=O)COC(=O)c1csc2c1CCCC2. The van der Waals surface area contributed by atoms with Gasteiger partial charge in [0, 0.05) is 23.0 Å². The van der Waals surface area contributed by atoms with Gasteiger partial charge in [-0.15, -0.1) is 11.3 Å². The van der Waals surface area contributed by atoms with Gasteiger partial charge in [0.15, 0.2) is 6.61 Å². The number of hydrogen-bond donors (Lipinski definition) is 1. The molecule has 0 fully saturated rings. The number of nitrogens with zero attached hydrogens (tertiary/aromatic N) is 1. The first-order chi connectivity index (χ1) is 13.4. The summed E-state index contributed by atoms with van der Waals surface area (Å²) in [5, 5.41) is 4.36.